The Morgan fingerprint density at radius 1 is 1.26 bits per heavy atom. The summed E-state index contributed by atoms with van der Waals surface area (Å²) >= 11 is 5.90. The summed E-state index contributed by atoms with van der Waals surface area (Å²) < 4.78 is 0. The van der Waals surface area contributed by atoms with E-state index in [4.69, 9.17) is 11.6 Å². The largest absolute Gasteiger partial charge is 0.365 e. The van der Waals surface area contributed by atoms with Crippen LogP contribution in [-0.2, 0) is 0 Å². The predicted octanol–water partition coefficient (Wildman–Crippen LogP) is 2.87. The molecule has 2 aliphatic rings. The van der Waals surface area contributed by atoms with Gasteiger partial charge in [0.25, 0.3) is 0 Å². The van der Waals surface area contributed by atoms with Crippen LogP contribution in [0.5, 0.6) is 0 Å². The molecule has 1 aliphatic carbocycles. The molecule has 0 unspecified atom stereocenters. The Morgan fingerprint density at radius 2 is 2.11 bits per heavy atom. The first-order valence-corrected chi connectivity index (χ1v) is 7.60. The molecule has 3 rings (SSSR count). The number of hydrogen-bond donors (Lipinski definition) is 1. The van der Waals surface area contributed by atoms with Crippen LogP contribution in [-0.4, -0.2) is 40.3 Å². The Bertz CT molecular complexity index is 447. The van der Waals surface area contributed by atoms with E-state index < -0.39 is 0 Å². The van der Waals surface area contributed by atoms with E-state index in [2.05, 4.69) is 20.4 Å². The number of anilines is 1. The van der Waals surface area contributed by atoms with Gasteiger partial charge in [0.15, 0.2) is 5.15 Å². The van der Waals surface area contributed by atoms with Crippen molar-refractivity contribution in [1.82, 2.24) is 15.1 Å². The van der Waals surface area contributed by atoms with E-state index in [1.54, 1.807) is 0 Å². The molecule has 0 amide bonds. The van der Waals surface area contributed by atoms with Gasteiger partial charge in [0, 0.05) is 18.6 Å². The fourth-order valence-corrected chi connectivity index (χ4v) is 3.05. The molecule has 1 aromatic rings. The molecule has 1 saturated heterocycles. The van der Waals surface area contributed by atoms with E-state index in [1.807, 2.05) is 13.0 Å². The van der Waals surface area contributed by atoms with Gasteiger partial charge in [0.2, 0.25) is 0 Å². The molecule has 19 heavy (non-hydrogen) atoms. The quantitative estimate of drug-likeness (QED) is 0.924. The van der Waals surface area contributed by atoms with E-state index in [-0.39, 0.29) is 0 Å². The van der Waals surface area contributed by atoms with Crippen molar-refractivity contribution in [3.05, 3.63) is 16.8 Å². The molecular weight excluding hydrogens is 260 g/mol. The van der Waals surface area contributed by atoms with E-state index >= 15 is 0 Å². The zero-order valence-corrected chi connectivity index (χ0v) is 12.2. The van der Waals surface area contributed by atoms with E-state index in [9.17, 15) is 0 Å². The van der Waals surface area contributed by atoms with Crippen LogP contribution in [0.2, 0.25) is 5.15 Å². The topological polar surface area (TPSA) is 41.0 Å². The summed E-state index contributed by atoms with van der Waals surface area (Å²) in [6.45, 7) is 4.35. The molecule has 2 heterocycles. The van der Waals surface area contributed by atoms with Crippen molar-refractivity contribution in [2.45, 2.75) is 51.1 Å². The Kier molecular flexibility index (Phi) is 3.89. The number of aromatic nitrogens is 2. The smallest absolute Gasteiger partial charge is 0.154 e. The lowest BCUT2D eigenvalue weighted by Gasteiger charge is -2.42. The third-order valence-corrected chi connectivity index (χ3v) is 4.69. The van der Waals surface area contributed by atoms with Crippen molar-refractivity contribution in [1.29, 1.82) is 0 Å². The zero-order valence-electron chi connectivity index (χ0n) is 11.4. The van der Waals surface area contributed by atoms with E-state index in [1.165, 1.54) is 38.6 Å². The maximum Gasteiger partial charge on any atom is 0.154 e. The lowest BCUT2D eigenvalue weighted by molar-refractivity contribution is 0.0990. The SMILES string of the molecule is Cc1cc(N[C@@H]2CCCN(C3CCC3)C2)nnc1Cl. The van der Waals surface area contributed by atoms with Crippen LogP contribution in [0.3, 0.4) is 0 Å². The summed E-state index contributed by atoms with van der Waals surface area (Å²) in [7, 11) is 0. The van der Waals surface area contributed by atoms with Crippen LogP contribution < -0.4 is 5.32 Å². The molecule has 5 heteroatoms. The maximum atomic E-state index is 5.90. The van der Waals surface area contributed by atoms with Gasteiger partial charge in [-0.1, -0.05) is 18.0 Å². The number of likely N-dealkylation sites (tertiary alicyclic amines) is 1. The summed E-state index contributed by atoms with van der Waals surface area (Å²) in [6.07, 6.45) is 6.65. The highest BCUT2D eigenvalue weighted by molar-refractivity contribution is 6.30. The van der Waals surface area contributed by atoms with Crippen LogP contribution in [0.15, 0.2) is 6.07 Å². The number of hydrogen-bond acceptors (Lipinski definition) is 4. The van der Waals surface area contributed by atoms with Crippen LogP contribution in [0.25, 0.3) is 0 Å². The molecule has 1 saturated carbocycles. The van der Waals surface area contributed by atoms with Crippen molar-refractivity contribution >= 4 is 17.4 Å². The Balaban J connectivity index is 1.60. The molecule has 0 radical (unpaired) electrons. The lowest BCUT2D eigenvalue weighted by Crippen LogP contribution is -2.49. The van der Waals surface area contributed by atoms with Gasteiger partial charge in [-0.15, -0.1) is 10.2 Å². The first-order chi connectivity index (χ1) is 9.22. The molecular formula is C14H21ClN4. The summed E-state index contributed by atoms with van der Waals surface area (Å²) in [5.74, 6) is 0.849. The fourth-order valence-electron chi connectivity index (χ4n) is 2.96. The van der Waals surface area contributed by atoms with Crippen LogP contribution >= 0.6 is 11.6 Å². The molecule has 1 aliphatic heterocycles. The summed E-state index contributed by atoms with van der Waals surface area (Å²) in [4.78, 5) is 2.64. The van der Waals surface area contributed by atoms with Crippen molar-refractivity contribution in [3.8, 4) is 0 Å². The van der Waals surface area contributed by atoms with Gasteiger partial charge in [-0.3, -0.25) is 4.90 Å². The van der Waals surface area contributed by atoms with E-state index in [0.29, 0.717) is 11.2 Å². The molecule has 2 fully saturated rings. The van der Waals surface area contributed by atoms with Gasteiger partial charge >= 0.3 is 0 Å². The molecule has 1 N–H and O–H groups in total. The molecule has 4 nitrogen and oxygen atoms in total. The highest BCUT2D eigenvalue weighted by Gasteiger charge is 2.29. The third kappa shape index (κ3) is 3.00. The minimum absolute atomic E-state index is 0.490. The lowest BCUT2D eigenvalue weighted by atomic mass is 9.89. The first-order valence-electron chi connectivity index (χ1n) is 7.23. The van der Waals surface area contributed by atoms with Gasteiger partial charge in [-0.25, -0.2) is 0 Å². The highest BCUT2D eigenvalue weighted by Crippen LogP contribution is 2.28. The fraction of sp³-hybridized carbons (Fsp3) is 0.714. The monoisotopic (exact) mass is 280 g/mol. The standard InChI is InChI=1S/C14H21ClN4/c1-10-8-13(17-18-14(10)15)16-11-4-3-7-19(9-11)12-5-2-6-12/h8,11-12H,2-7,9H2,1H3,(H,16,17)/t11-/m1/s1. The summed E-state index contributed by atoms with van der Waals surface area (Å²) in [5.41, 5.74) is 0.978. The summed E-state index contributed by atoms with van der Waals surface area (Å²) in [5, 5.41) is 12.1. The second-order valence-corrected chi connectivity index (χ2v) is 6.12. The van der Waals surface area contributed by atoms with E-state index in [0.717, 1.165) is 24.0 Å². The Hall–Kier alpha value is -0.870. The first kappa shape index (κ1) is 13.1. The van der Waals surface area contributed by atoms with Gasteiger partial charge in [0.05, 0.1) is 0 Å². The van der Waals surface area contributed by atoms with Crippen molar-refractivity contribution in [2.24, 2.45) is 0 Å². The predicted molar refractivity (Wildman–Crippen MR) is 77.6 cm³/mol. The normalized spacial score (nSPS) is 25.1. The average molecular weight is 281 g/mol. The zero-order chi connectivity index (χ0) is 13.2. The average Bonchev–Trinajstić information content (AvgIpc) is 2.32. The second kappa shape index (κ2) is 5.63. The van der Waals surface area contributed by atoms with Gasteiger partial charge in [-0.05, 0) is 50.8 Å². The number of rotatable bonds is 3. The van der Waals surface area contributed by atoms with Crippen molar-refractivity contribution < 1.29 is 0 Å². The van der Waals surface area contributed by atoms with Crippen molar-refractivity contribution in [2.75, 3.05) is 18.4 Å². The summed E-state index contributed by atoms with van der Waals surface area (Å²) in [6, 6.07) is 3.31. The molecule has 1 aromatic heterocycles. The number of nitrogens with one attached hydrogen (secondary N) is 1. The number of piperidine rings is 1. The van der Waals surface area contributed by atoms with Crippen LogP contribution in [0.1, 0.15) is 37.7 Å². The Morgan fingerprint density at radius 3 is 2.79 bits per heavy atom. The molecule has 0 aromatic carbocycles. The minimum Gasteiger partial charge on any atom is -0.365 e. The number of aryl methyl sites for hydroxylation is 1. The highest BCUT2D eigenvalue weighted by atomic mass is 35.5. The van der Waals surface area contributed by atoms with Crippen LogP contribution in [0.4, 0.5) is 5.82 Å². The number of halogens is 1. The van der Waals surface area contributed by atoms with Gasteiger partial charge in [0.1, 0.15) is 5.82 Å². The molecule has 1 atom stereocenters. The van der Waals surface area contributed by atoms with Crippen LogP contribution in [0, 0.1) is 6.92 Å². The van der Waals surface area contributed by atoms with Gasteiger partial charge in [-0.2, -0.15) is 0 Å². The maximum absolute atomic E-state index is 5.90. The third-order valence-electron chi connectivity index (χ3n) is 4.32. The second-order valence-electron chi connectivity index (χ2n) is 5.77. The molecule has 0 bridgehead atoms. The molecule has 104 valence electrons. The van der Waals surface area contributed by atoms with Gasteiger partial charge < -0.3 is 5.32 Å². The minimum atomic E-state index is 0.490. The molecule has 0 spiro atoms. The number of nitrogens with zero attached hydrogens (tertiary/aromatic N) is 3. The van der Waals surface area contributed by atoms with Crippen molar-refractivity contribution in [3.63, 3.8) is 0 Å². The Labute approximate surface area is 119 Å².